The molecule has 9 heteroatoms. The Morgan fingerprint density at radius 1 is 1.06 bits per heavy atom. The summed E-state index contributed by atoms with van der Waals surface area (Å²) >= 11 is 0. The van der Waals surface area contributed by atoms with Gasteiger partial charge in [0.05, 0.1) is 33.9 Å². The summed E-state index contributed by atoms with van der Waals surface area (Å²) in [5.41, 5.74) is 1.47. The van der Waals surface area contributed by atoms with Crippen LogP contribution in [0, 0.1) is 5.82 Å². The molecular formula is C26H34FN3O5. The minimum atomic E-state index is -0.711. The molecule has 2 aromatic carbocycles. The third-order valence-corrected chi connectivity index (χ3v) is 6.07. The monoisotopic (exact) mass is 487 g/mol. The van der Waals surface area contributed by atoms with Crippen molar-refractivity contribution in [3.63, 3.8) is 0 Å². The highest BCUT2D eigenvalue weighted by molar-refractivity contribution is 5.88. The Balaban J connectivity index is 1.70. The van der Waals surface area contributed by atoms with E-state index >= 15 is 0 Å². The highest BCUT2D eigenvalue weighted by Crippen LogP contribution is 2.28. The second-order valence-electron chi connectivity index (χ2n) is 8.44. The minimum absolute atomic E-state index is 0.0763. The number of ether oxygens (including phenoxy) is 3. The molecule has 1 aliphatic heterocycles. The van der Waals surface area contributed by atoms with E-state index in [0.717, 1.165) is 30.8 Å². The van der Waals surface area contributed by atoms with Crippen molar-refractivity contribution in [2.75, 3.05) is 53.6 Å². The Bertz CT molecular complexity index is 979. The van der Waals surface area contributed by atoms with Gasteiger partial charge in [0.15, 0.2) is 11.5 Å². The molecule has 0 spiro atoms. The topological polar surface area (TPSA) is 80.3 Å². The molecule has 0 aromatic heterocycles. The summed E-state index contributed by atoms with van der Waals surface area (Å²) < 4.78 is 29.4. The first-order valence-electron chi connectivity index (χ1n) is 11.7. The van der Waals surface area contributed by atoms with E-state index in [-0.39, 0.29) is 30.6 Å². The van der Waals surface area contributed by atoms with Gasteiger partial charge < -0.3 is 24.4 Å². The van der Waals surface area contributed by atoms with Gasteiger partial charge in [0, 0.05) is 32.7 Å². The first-order chi connectivity index (χ1) is 16.9. The van der Waals surface area contributed by atoms with Crippen LogP contribution in [-0.4, -0.2) is 81.3 Å². The van der Waals surface area contributed by atoms with Gasteiger partial charge >= 0.3 is 0 Å². The Kier molecular flexibility index (Phi) is 9.86. The van der Waals surface area contributed by atoms with Crippen LogP contribution in [0.5, 0.6) is 11.5 Å². The van der Waals surface area contributed by atoms with E-state index in [0.29, 0.717) is 31.3 Å². The number of benzene rings is 2. The fraction of sp³-hybridized carbons (Fsp3) is 0.462. The highest BCUT2D eigenvalue weighted by Gasteiger charge is 2.26. The minimum Gasteiger partial charge on any atom is -0.493 e. The maximum absolute atomic E-state index is 13.4. The normalized spacial score (nSPS) is 14.7. The summed E-state index contributed by atoms with van der Waals surface area (Å²) in [5, 5.41) is 2.95. The van der Waals surface area contributed by atoms with Crippen LogP contribution in [0.4, 0.5) is 4.39 Å². The summed E-state index contributed by atoms with van der Waals surface area (Å²) in [5.74, 6) is 0.279. The van der Waals surface area contributed by atoms with Gasteiger partial charge in [-0.05, 0) is 42.3 Å². The van der Waals surface area contributed by atoms with Gasteiger partial charge in [-0.1, -0.05) is 18.2 Å². The molecule has 2 amide bonds. The number of methoxy groups -OCH3 is 2. The average Bonchev–Trinajstić information content (AvgIpc) is 2.88. The van der Waals surface area contributed by atoms with E-state index in [1.165, 1.54) is 24.1 Å². The molecule has 2 aromatic rings. The molecule has 3 rings (SSSR count). The summed E-state index contributed by atoms with van der Waals surface area (Å²) in [6.07, 6.45) is 0.0763. The van der Waals surface area contributed by atoms with Gasteiger partial charge in [-0.25, -0.2) is 4.39 Å². The lowest BCUT2D eigenvalue weighted by Gasteiger charge is -2.30. The van der Waals surface area contributed by atoms with E-state index in [1.54, 1.807) is 44.4 Å². The Hall–Kier alpha value is -3.17. The van der Waals surface area contributed by atoms with E-state index in [4.69, 9.17) is 14.2 Å². The third kappa shape index (κ3) is 7.66. The zero-order valence-corrected chi connectivity index (χ0v) is 20.6. The SMILES string of the molecule is COc1ccc(CC(=O)N(Cc2ccc(F)cc2)C(C)C(=O)NCCN2CCOCC2)cc1OC. The van der Waals surface area contributed by atoms with Crippen molar-refractivity contribution in [1.29, 1.82) is 0 Å². The second kappa shape index (κ2) is 13.1. The first-order valence-corrected chi connectivity index (χ1v) is 11.7. The maximum Gasteiger partial charge on any atom is 0.242 e. The van der Waals surface area contributed by atoms with Crippen LogP contribution < -0.4 is 14.8 Å². The average molecular weight is 488 g/mol. The van der Waals surface area contributed by atoms with Crippen LogP contribution in [0.2, 0.25) is 0 Å². The van der Waals surface area contributed by atoms with Gasteiger partial charge in [-0.3, -0.25) is 14.5 Å². The number of nitrogens with one attached hydrogen (secondary N) is 1. The molecule has 0 aliphatic carbocycles. The summed E-state index contributed by atoms with van der Waals surface area (Å²) in [7, 11) is 3.08. The number of morpholine rings is 1. The van der Waals surface area contributed by atoms with Crippen molar-refractivity contribution < 1.29 is 28.2 Å². The van der Waals surface area contributed by atoms with Crippen LogP contribution in [-0.2, 0) is 27.3 Å². The Morgan fingerprint density at radius 2 is 1.71 bits per heavy atom. The van der Waals surface area contributed by atoms with Gasteiger partial charge in [0.25, 0.3) is 0 Å². The van der Waals surface area contributed by atoms with Crippen molar-refractivity contribution >= 4 is 11.8 Å². The molecule has 1 heterocycles. The van der Waals surface area contributed by atoms with Crippen molar-refractivity contribution in [1.82, 2.24) is 15.1 Å². The number of carbonyl (C=O) groups excluding carboxylic acids is 2. The second-order valence-corrected chi connectivity index (χ2v) is 8.44. The van der Waals surface area contributed by atoms with Gasteiger partial charge in [0.2, 0.25) is 11.8 Å². The standard InChI is InChI=1S/C26H34FN3O5/c1-19(26(32)28-10-11-29-12-14-35-15-13-29)30(18-20-4-7-22(27)8-5-20)25(31)17-21-6-9-23(33-2)24(16-21)34-3/h4-9,16,19H,10-15,17-18H2,1-3H3,(H,28,32). The fourth-order valence-electron chi connectivity index (χ4n) is 3.95. The van der Waals surface area contributed by atoms with Crippen molar-refractivity contribution in [3.05, 3.63) is 59.4 Å². The quantitative estimate of drug-likeness (QED) is 0.524. The number of nitrogens with zero attached hydrogens (tertiary/aromatic N) is 2. The number of carbonyl (C=O) groups is 2. The number of halogens is 1. The summed E-state index contributed by atoms with van der Waals surface area (Å²) in [4.78, 5) is 30.1. The molecule has 35 heavy (non-hydrogen) atoms. The van der Waals surface area contributed by atoms with E-state index in [2.05, 4.69) is 10.2 Å². The molecule has 1 atom stereocenters. The summed E-state index contributed by atoms with van der Waals surface area (Å²) in [6.45, 7) is 6.17. The first kappa shape index (κ1) is 26.4. The smallest absolute Gasteiger partial charge is 0.242 e. The molecule has 0 radical (unpaired) electrons. The maximum atomic E-state index is 13.4. The van der Waals surface area contributed by atoms with Crippen LogP contribution in [0.25, 0.3) is 0 Å². The van der Waals surface area contributed by atoms with E-state index < -0.39 is 6.04 Å². The van der Waals surface area contributed by atoms with Crippen molar-refractivity contribution in [2.45, 2.75) is 25.9 Å². The largest absolute Gasteiger partial charge is 0.493 e. The lowest BCUT2D eigenvalue weighted by Crippen LogP contribution is -2.49. The van der Waals surface area contributed by atoms with Crippen molar-refractivity contribution in [3.8, 4) is 11.5 Å². The number of amides is 2. The van der Waals surface area contributed by atoms with Gasteiger partial charge in [-0.2, -0.15) is 0 Å². The van der Waals surface area contributed by atoms with E-state index in [1.807, 2.05) is 0 Å². The van der Waals surface area contributed by atoms with Gasteiger partial charge in [0.1, 0.15) is 11.9 Å². The Labute approximate surface area is 205 Å². The van der Waals surface area contributed by atoms with E-state index in [9.17, 15) is 14.0 Å². The van der Waals surface area contributed by atoms with Crippen molar-refractivity contribution in [2.24, 2.45) is 0 Å². The molecule has 0 saturated carbocycles. The Morgan fingerprint density at radius 3 is 2.37 bits per heavy atom. The zero-order valence-electron chi connectivity index (χ0n) is 20.6. The number of rotatable bonds is 11. The molecule has 8 nitrogen and oxygen atoms in total. The molecule has 1 aliphatic rings. The fourth-order valence-corrected chi connectivity index (χ4v) is 3.95. The lowest BCUT2D eigenvalue weighted by molar-refractivity contribution is -0.140. The van der Waals surface area contributed by atoms with Gasteiger partial charge in [-0.15, -0.1) is 0 Å². The summed E-state index contributed by atoms with van der Waals surface area (Å²) in [6, 6.07) is 10.5. The highest BCUT2D eigenvalue weighted by atomic mass is 19.1. The molecule has 1 N–H and O–H groups in total. The molecule has 1 saturated heterocycles. The molecule has 1 fully saturated rings. The number of hydrogen-bond donors (Lipinski definition) is 1. The predicted octanol–water partition coefficient (Wildman–Crippen LogP) is 2.25. The van der Waals surface area contributed by atoms with Crippen LogP contribution in [0.1, 0.15) is 18.1 Å². The van der Waals surface area contributed by atoms with Crippen LogP contribution in [0.15, 0.2) is 42.5 Å². The predicted molar refractivity (Wildman–Crippen MR) is 130 cm³/mol. The number of hydrogen-bond acceptors (Lipinski definition) is 6. The molecule has 190 valence electrons. The van der Waals surface area contributed by atoms with Crippen LogP contribution >= 0.6 is 0 Å². The molecule has 1 unspecified atom stereocenters. The zero-order chi connectivity index (χ0) is 25.2. The van der Waals surface area contributed by atoms with Crippen LogP contribution in [0.3, 0.4) is 0 Å². The third-order valence-electron chi connectivity index (χ3n) is 6.07. The molecular weight excluding hydrogens is 453 g/mol. The lowest BCUT2D eigenvalue weighted by atomic mass is 10.1. The molecule has 0 bridgehead atoms.